The molecule has 1 fully saturated rings. The fraction of sp³-hybridized carbons (Fsp3) is 0.444. The molecule has 7 nitrogen and oxygen atoms in total. The van der Waals surface area contributed by atoms with Crippen molar-refractivity contribution in [3.05, 3.63) is 59.7 Å². The Morgan fingerprint density at radius 1 is 1.03 bits per heavy atom. The molecule has 2 N–H and O–H groups in total. The van der Waals surface area contributed by atoms with E-state index in [0.29, 0.717) is 25.1 Å². The number of fused-ring (bicyclic) bond motifs is 3. The van der Waals surface area contributed by atoms with Crippen LogP contribution in [0.15, 0.2) is 48.5 Å². The van der Waals surface area contributed by atoms with E-state index in [0.717, 1.165) is 24.0 Å². The molecule has 0 aromatic heterocycles. The maximum absolute atomic E-state index is 13.2. The lowest BCUT2D eigenvalue weighted by Gasteiger charge is -2.34. The summed E-state index contributed by atoms with van der Waals surface area (Å²) in [5.74, 6) is -1.04. The van der Waals surface area contributed by atoms with E-state index >= 15 is 0 Å². The lowest BCUT2D eigenvalue weighted by molar-refractivity contribution is -0.147. The first-order valence-corrected chi connectivity index (χ1v) is 13.5. The number of aliphatic carboxylic acids is 1. The first kappa shape index (κ1) is 25.1. The molecule has 0 aliphatic heterocycles. The second-order valence-electron chi connectivity index (χ2n) is 9.11. The van der Waals surface area contributed by atoms with E-state index in [1.165, 1.54) is 16.0 Å². The fourth-order valence-corrected chi connectivity index (χ4v) is 5.66. The smallest absolute Gasteiger partial charge is 0.407 e. The Morgan fingerprint density at radius 2 is 1.66 bits per heavy atom. The lowest BCUT2D eigenvalue weighted by atomic mass is 9.83. The number of benzene rings is 2. The van der Waals surface area contributed by atoms with E-state index in [2.05, 4.69) is 29.6 Å². The number of amides is 2. The topological polar surface area (TPSA) is 95.9 Å². The van der Waals surface area contributed by atoms with Crippen molar-refractivity contribution in [2.45, 2.75) is 37.6 Å². The standard InChI is InChI=1S/C27H32N2O5S/c1-35-15-14-29(16-25(30)31)26(32)22-12-6-7-13-24(22)28-27(33)34-17-23-20-10-4-2-8-18(20)19-9-3-5-11-21(19)23/h2-5,8-11,22-24H,6-7,12-17H2,1H3,(H,28,33)(H,30,31). The van der Waals surface area contributed by atoms with Crippen LogP contribution in [0.25, 0.3) is 11.1 Å². The third kappa shape index (κ3) is 5.81. The van der Waals surface area contributed by atoms with Gasteiger partial charge in [0, 0.05) is 24.3 Å². The fourth-order valence-electron chi connectivity index (χ4n) is 5.26. The van der Waals surface area contributed by atoms with Crippen LogP contribution in [0.2, 0.25) is 0 Å². The molecule has 2 aromatic carbocycles. The number of rotatable bonds is 9. The second kappa shape index (κ2) is 11.6. The molecule has 2 aliphatic carbocycles. The highest BCUT2D eigenvalue weighted by molar-refractivity contribution is 7.98. The zero-order chi connectivity index (χ0) is 24.8. The minimum absolute atomic E-state index is 0.0328. The summed E-state index contributed by atoms with van der Waals surface area (Å²) in [5.41, 5.74) is 4.62. The molecular formula is C27H32N2O5S. The molecule has 8 heteroatoms. The molecule has 2 unspecified atom stereocenters. The number of carboxylic acid groups (broad SMARTS) is 1. The van der Waals surface area contributed by atoms with Gasteiger partial charge in [-0.3, -0.25) is 9.59 Å². The van der Waals surface area contributed by atoms with Crippen LogP contribution in [0.1, 0.15) is 42.7 Å². The highest BCUT2D eigenvalue weighted by Gasteiger charge is 2.36. The van der Waals surface area contributed by atoms with Gasteiger partial charge in [-0.1, -0.05) is 61.4 Å². The van der Waals surface area contributed by atoms with Crippen molar-refractivity contribution in [3.8, 4) is 11.1 Å². The molecule has 1 saturated carbocycles. The number of nitrogens with zero attached hydrogens (tertiary/aromatic N) is 1. The van der Waals surface area contributed by atoms with Gasteiger partial charge in [0.15, 0.2) is 0 Å². The molecule has 2 atom stereocenters. The Balaban J connectivity index is 1.40. The van der Waals surface area contributed by atoms with Gasteiger partial charge in [-0.15, -0.1) is 0 Å². The van der Waals surface area contributed by atoms with Crippen LogP contribution in [-0.2, 0) is 14.3 Å². The summed E-state index contributed by atoms with van der Waals surface area (Å²) < 4.78 is 5.69. The van der Waals surface area contributed by atoms with Crippen LogP contribution in [0.5, 0.6) is 0 Å². The number of ether oxygens (including phenoxy) is 1. The quantitative estimate of drug-likeness (QED) is 0.536. The number of carbonyl (C=O) groups is 3. The van der Waals surface area contributed by atoms with Crippen LogP contribution in [0.4, 0.5) is 4.79 Å². The number of nitrogens with one attached hydrogen (secondary N) is 1. The van der Waals surface area contributed by atoms with Crippen molar-refractivity contribution in [1.82, 2.24) is 10.2 Å². The highest BCUT2D eigenvalue weighted by Crippen LogP contribution is 2.44. The first-order valence-electron chi connectivity index (χ1n) is 12.1. The van der Waals surface area contributed by atoms with E-state index in [4.69, 9.17) is 4.74 Å². The SMILES string of the molecule is CSCCN(CC(=O)O)C(=O)C1CCCCC1NC(=O)OCC1c2ccccc2-c2ccccc21. The van der Waals surface area contributed by atoms with Gasteiger partial charge in [-0.2, -0.15) is 11.8 Å². The Labute approximate surface area is 210 Å². The lowest BCUT2D eigenvalue weighted by Crippen LogP contribution is -2.51. The molecule has 0 radical (unpaired) electrons. The van der Waals surface area contributed by atoms with Crippen molar-refractivity contribution in [3.63, 3.8) is 0 Å². The molecule has 2 aliphatic rings. The molecule has 0 bridgehead atoms. The van der Waals surface area contributed by atoms with Crippen LogP contribution in [0.3, 0.4) is 0 Å². The normalized spacial score (nSPS) is 18.9. The van der Waals surface area contributed by atoms with E-state index in [1.807, 2.05) is 30.5 Å². The Hall–Kier alpha value is -3.00. The van der Waals surface area contributed by atoms with Crippen molar-refractivity contribution < 1.29 is 24.2 Å². The van der Waals surface area contributed by atoms with Crippen molar-refractivity contribution >= 4 is 29.7 Å². The minimum Gasteiger partial charge on any atom is -0.480 e. The van der Waals surface area contributed by atoms with Gasteiger partial charge < -0.3 is 20.1 Å². The Morgan fingerprint density at radius 3 is 2.29 bits per heavy atom. The van der Waals surface area contributed by atoms with Crippen LogP contribution in [0, 0.1) is 5.92 Å². The summed E-state index contributed by atoms with van der Waals surface area (Å²) in [6.45, 7) is 0.262. The Bertz CT molecular complexity index is 1030. The minimum atomic E-state index is -1.03. The van der Waals surface area contributed by atoms with E-state index in [9.17, 15) is 19.5 Å². The maximum atomic E-state index is 13.2. The second-order valence-corrected chi connectivity index (χ2v) is 10.1. The van der Waals surface area contributed by atoms with E-state index in [1.54, 1.807) is 11.8 Å². The maximum Gasteiger partial charge on any atom is 0.407 e. The monoisotopic (exact) mass is 496 g/mol. The summed E-state index contributed by atoms with van der Waals surface area (Å²) in [4.78, 5) is 38.8. The average Bonchev–Trinajstić information content (AvgIpc) is 3.19. The molecule has 35 heavy (non-hydrogen) atoms. The molecule has 0 heterocycles. The van der Waals surface area contributed by atoms with Crippen LogP contribution in [-0.4, -0.2) is 65.7 Å². The molecular weight excluding hydrogens is 464 g/mol. The largest absolute Gasteiger partial charge is 0.480 e. The molecule has 4 rings (SSSR count). The number of carbonyl (C=O) groups excluding carboxylic acids is 2. The summed E-state index contributed by atoms with van der Waals surface area (Å²) >= 11 is 1.56. The molecule has 2 amide bonds. The predicted molar refractivity (Wildman–Crippen MR) is 137 cm³/mol. The summed E-state index contributed by atoms with van der Waals surface area (Å²) in [5, 5.41) is 12.2. The van der Waals surface area contributed by atoms with Gasteiger partial charge in [0.25, 0.3) is 0 Å². The predicted octanol–water partition coefficient (Wildman–Crippen LogP) is 4.36. The van der Waals surface area contributed by atoms with Crippen molar-refractivity contribution in [1.29, 1.82) is 0 Å². The van der Waals surface area contributed by atoms with Crippen molar-refractivity contribution in [2.24, 2.45) is 5.92 Å². The number of thioether (sulfide) groups is 1. The third-order valence-electron chi connectivity index (χ3n) is 6.93. The number of carboxylic acids is 1. The van der Waals surface area contributed by atoms with Gasteiger partial charge in [-0.05, 0) is 41.4 Å². The van der Waals surface area contributed by atoms with Gasteiger partial charge in [-0.25, -0.2) is 4.79 Å². The number of hydrogen-bond donors (Lipinski definition) is 2. The van der Waals surface area contributed by atoms with Crippen LogP contribution < -0.4 is 5.32 Å². The van der Waals surface area contributed by atoms with Gasteiger partial charge >= 0.3 is 12.1 Å². The molecule has 0 spiro atoms. The highest BCUT2D eigenvalue weighted by atomic mass is 32.2. The molecule has 186 valence electrons. The van der Waals surface area contributed by atoms with Gasteiger partial charge in [0.05, 0.1) is 5.92 Å². The van der Waals surface area contributed by atoms with Crippen molar-refractivity contribution in [2.75, 3.05) is 31.7 Å². The van der Waals surface area contributed by atoms with Gasteiger partial charge in [0.2, 0.25) is 5.91 Å². The van der Waals surface area contributed by atoms with E-state index < -0.39 is 18.0 Å². The average molecular weight is 497 g/mol. The number of hydrogen-bond acceptors (Lipinski definition) is 5. The third-order valence-corrected chi connectivity index (χ3v) is 7.52. The van der Waals surface area contributed by atoms with Gasteiger partial charge in [0.1, 0.15) is 13.2 Å². The van der Waals surface area contributed by atoms with E-state index in [-0.39, 0.29) is 31.0 Å². The summed E-state index contributed by atoms with van der Waals surface area (Å²) in [7, 11) is 0. The first-order chi connectivity index (χ1) is 17.0. The van der Waals surface area contributed by atoms with Crippen LogP contribution >= 0.6 is 11.8 Å². The number of alkyl carbamates (subject to hydrolysis) is 1. The molecule has 2 aromatic rings. The Kier molecular flexibility index (Phi) is 8.33. The summed E-state index contributed by atoms with van der Waals surface area (Å²) in [6.07, 6.45) is 4.47. The zero-order valence-electron chi connectivity index (χ0n) is 19.9. The summed E-state index contributed by atoms with van der Waals surface area (Å²) in [6, 6.07) is 16.0. The molecule has 0 saturated heterocycles. The zero-order valence-corrected chi connectivity index (χ0v) is 20.8.